The van der Waals surface area contributed by atoms with Crippen LogP contribution in [0.4, 0.5) is 5.69 Å². The van der Waals surface area contributed by atoms with E-state index >= 15 is 0 Å². The first-order valence-electron chi connectivity index (χ1n) is 18.2. The molecular formula is C38H43N9O5. The number of carbonyl (C=O) groups is 3. The van der Waals surface area contributed by atoms with Crippen molar-refractivity contribution >= 4 is 45.3 Å². The number of rotatable bonds is 8. The molecule has 3 amide bonds. The average Bonchev–Trinajstić information content (AvgIpc) is 3.69. The number of likely N-dealkylation sites (tertiary alicyclic amines) is 1. The molecule has 8 rings (SSSR count). The van der Waals surface area contributed by atoms with Crippen molar-refractivity contribution in [2.45, 2.75) is 69.4 Å². The number of imide groups is 1. The molecule has 2 N–H and O–H groups in total. The van der Waals surface area contributed by atoms with Crippen molar-refractivity contribution in [2.24, 2.45) is 13.0 Å². The van der Waals surface area contributed by atoms with Crippen LogP contribution in [-0.4, -0.2) is 78.2 Å². The normalized spacial score (nSPS) is 21.8. The molecule has 2 saturated heterocycles. The molecule has 52 heavy (non-hydrogen) atoms. The number of piperidine rings is 2. The molecule has 5 heterocycles. The van der Waals surface area contributed by atoms with Gasteiger partial charge in [0.25, 0.3) is 5.91 Å². The number of carbonyl (C=O) groups excluding carboxylic acids is 3. The van der Waals surface area contributed by atoms with Crippen LogP contribution in [0.5, 0.6) is 5.75 Å². The van der Waals surface area contributed by atoms with Gasteiger partial charge in [0.05, 0.1) is 35.4 Å². The summed E-state index contributed by atoms with van der Waals surface area (Å²) in [5, 5.41) is 11.1. The number of imidazole rings is 1. The number of benzene rings is 2. The quantitative estimate of drug-likeness (QED) is 0.224. The highest BCUT2D eigenvalue weighted by Crippen LogP contribution is 2.38. The van der Waals surface area contributed by atoms with E-state index in [9.17, 15) is 19.2 Å². The number of methoxy groups -OCH3 is 1. The maximum Gasteiger partial charge on any atom is 0.329 e. The summed E-state index contributed by atoms with van der Waals surface area (Å²) in [5.74, 6) is 0.473. The van der Waals surface area contributed by atoms with Gasteiger partial charge in [0.15, 0.2) is 0 Å². The molecule has 1 atom stereocenters. The number of nitrogens with one attached hydrogen (secondary N) is 2. The van der Waals surface area contributed by atoms with Crippen molar-refractivity contribution in [1.82, 2.24) is 39.1 Å². The second-order valence-corrected chi connectivity index (χ2v) is 14.4. The van der Waals surface area contributed by atoms with Gasteiger partial charge in [0.2, 0.25) is 17.6 Å². The number of fused-ring (bicyclic) bond motifs is 2. The third-order valence-electron chi connectivity index (χ3n) is 11.3. The molecule has 270 valence electrons. The number of hydrogen-bond acceptors (Lipinski definition) is 9. The molecule has 3 fully saturated rings. The van der Waals surface area contributed by atoms with Crippen LogP contribution < -0.4 is 21.1 Å². The Labute approximate surface area is 300 Å². The van der Waals surface area contributed by atoms with Crippen LogP contribution >= 0.6 is 0 Å². The molecule has 2 aromatic carbocycles. The maximum absolute atomic E-state index is 13.4. The van der Waals surface area contributed by atoms with Crippen LogP contribution in [0.1, 0.15) is 85.6 Å². The lowest BCUT2D eigenvalue weighted by Crippen LogP contribution is -2.44. The predicted molar refractivity (Wildman–Crippen MR) is 194 cm³/mol. The van der Waals surface area contributed by atoms with Crippen LogP contribution in [0.3, 0.4) is 0 Å². The molecule has 0 radical (unpaired) electrons. The summed E-state index contributed by atoms with van der Waals surface area (Å²) in [6, 6.07) is 11.1. The average molecular weight is 706 g/mol. The Hall–Kier alpha value is -5.37. The van der Waals surface area contributed by atoms with Crippen molar-refractivity contribution < 1.29 is 19.1 Å². The molecule has 2 aliphatic heterocycles. The Morgan fingerprint density at radius 3 is 2.48 bits per heavy atom. The summed E-state index contributed by atoms with van der Waals surface area (Å²) in [7, 11) is 3.36. The number of para-hydroxylation sites is 1. The Kier molecular flexibility index (Phi) is 9.08. The molecular weight excluding hydrogens is 662 g/mol. The van der Waals surface area contributed by atoms with Crippen molar-refractivity contribution in [3.8, 4) is 5.75 Å². The van der Waals surface area contributed by atoms with Gasteiger partial charge in [0.1, 0.15) is 11.8 Å². The zero-order chi connectivity index (χ0) is 35.9. The SMILES string of the molecule is COc1cc2nn([C@H]3CC[C@H](CN4CCC(c5cccc6c5n(C)c(=O)n6C5CCC(=O)NC5=O)CC4)CC3)cc2cc1NC(=O)c1ncccn1. The van der Waals surface area contributed by atoms with E-state index in [1.54, 1.807) is 29.4 Å². The summed E-state index contributed by atoms with van der Waals surface area (Å²) in [6.45, 7) is 3.09. The largest absolute Gasteiger partial charge is 0.494 e. The minimum absolute atomic E-state index is 0.0893. The molecule has 1 saturated carbocycles. The molecule has 0 bridgehead atoms. The van der Waals surface area contributed by atoms with Gasteiger partial charge in [-0.2, -0.15) is 5.10 Å². The fraction of sp³-hybridized carbons (Fsp3) is 0.447. The maximum atomic E-state index is 13.4. The van der Waals surface area contributed by atoms with E-state index in [0.717, 1.165) is 85.7 Å². The molecule has 1 aliphatic carbocycles. The predicted octanol–water partition coefficient (Wildman–Crippen LogP) is 4.33. The number of aromatic nitrogens is 6. The summed E-state index contributed by atoms with van der Waals surface area (Å²) in [5.41, 5.74) is 3.95. The topological polar surface area (TPSA) is 158 Å². The van der Waals surface area contributed by atoms with Crippen LogP contribution in [-0.2, 0) is 16.6 Å². The smallest absolute Gasteiger partial charge is 0.329 e. The van der Waals surface area contributed by atoms with E-state index in [2.05, 4.69) is 42.4 Å². The van der Waals surface area contributed by atoms with Crippen LogP contribution in [0.25, 0.3) is 21.9 Å². The minimum Gasteiger partial charge on any atom is -0.494 e. The molecule has 3 aromatic heterocycles. The lowest BCUT2D eigenvalue weighted by molar-refractivity contribution is -0.135. The molecule has 5 aromatic rings. The number of anilines is 1. The molecule has 1 unspecified atom stereocenters. The molecule has 0 spiro atoms. The van der Waals surface area contributed by atoms with Gasteiger partial charge in [-0.25, -0.2) is 14.8 Å². The Balaban J connectivity index is 0.880. The molecule has 14 nitrogen and oxygen atoms in total. The van der Waals surface area contributed by atoms with E-state index in [0.29, 0.717) is 35.7 Å². The highest BCUT2D eigenvalue weighted by Gasteiger charge is 2.33. The van der Waals surface area contributed by atoms with Crippen LogP contribution in [0.15, 0.2) is 59.8 Å². The Morgan fingerprint density at radius 1 is 0.981 bits per heavy atom. The highest BCUT2D eigenvalue weighted by molar-refractivity contribution is 6.04. The summed E-state index contributed by atoms with van der Waals surface area (Å²) < 4.78 is 10.9. The van der Waals surface area contributed by atoms with E-state index in [4.69, 9.17) is 9.84 Å². The summed E-state index contributed by atoms with van der Waals surface area (Å²) >= 11 is 0. The molecule has 14 heteroatoms. The van der Waals surface area contributed by atoms with E-state index in [-0.39, 0.29) is 23.8 Å². The summed E-state index contributed by atoms with van der Waals surface area (Å²) in [6.07, 6.45) is 12.1. The highest BCUT2D eigenvalue weighted by atomic mass is 16.5. The minimum atomic E-state index is -0.680. The van der Waals surface area contributed by atoms with Gasteiger partial charge in [-0.05, 0) is 93.6 Å². The van der Waals surface area contributed by atoms with Crippen molar-refractivity contribution in [2.75, 3.05) is 32.1 Å². The number of ether oxygens (including phenoxy) is 1. The van der Waals surface area contributed by atoms with Crippen molar-refractivity contribution in [1.29, 1.82) is 0 Å². The van der Waals surface area contributed by atoms with Gasteiger partial charge in [0, 0.05) is 50.1 Å². The van der Waals surface area contributed by atoms with E-state index in [1.165, 1.54) is 12.4 Å². The number of hydrogen-bond donors (Lipinski definition) is 2. The first-order valence-corrected chi connectivity index (χ1v) is 18.2. The lowest BCUT2D eigenvalue weighted by atomic mass is 9.84. The standard InChI is InChI=1S/C38H43N9O5/c1-44-34-27(5-3-6-30(34)47(38(44)51)31-11-12-33(48)42-36(31)49)24-13-17-45(18-14-24)21-23-7-9-26(10-8-23)46-22-25-19-29(32(52-2)20-28(25)43-46)41-37(50)35-39-15-4-16-40-35/h3-6,15-16,19-20,22-24,26,31H,7-14,17-18,21H2,1-2H3,(H,41,50)(H,42,48,49)/t23-,26-,31?. The first-order chi connectivity index (χ1) is 25.3. The second-order valence-electron chi connectivity index (χ2n) is 14.4. The van der Waals surface area contributed by atoms with Gasteiger partial charge in [-0.3, -0.25) is 33.5 Å². The molecule has 3 aliphatic rings. The zero-order valence-corrected chi connectivity index (χ0v) is 29.5. The van der Waals surface area contributed by atoms with Crippen molar-refractivity contribution in [3.63, 3.8) is 0 Å². The summed E-state index contributed by atoms with van der Waals surface area (Å²) in [4.78, 5) is 61.3. The van der Waals surface area contributed by atoms with Gasteiger partial charge in [-0.15, -0.1) is 0 Å². The van der Waals surface area contributed by atoms with E-state index < -0.39 is 17.9 Å². The van der Waals surface area contributed by atoms with Gasteiger partial charge >= 0.3 is 5.69 Å². The second kappa shape index (κ2) is 14.0. The fourth-order valence-electron chi connectivity index (χ4n) is 8.53. The monoisotopic (exact) mass is 705 g/mol. The van der Waals surface area contributed by atoms with E-state index in [1.807, 2.05) is 24.3 Å². The Morgan fingerprint density at radius 2 is 1.75 bits per heavy atom. The Bertz CT molecular complexity index is 2210. The third kappa shape index (κ3) is 6.35. The number of amides is 3. The fourth-order valence-corrected chi connectivity index (χ4v) is 8.53. The number of nitrogens with zero attached hydrogens (tertiary/aromatic N) is 7. The number of aryl methyl sites for hydroxylation is 1. The van der Waals surface area contributed by atoms with Gasteiger partial charge < -0.3 is 15.0 Å². The first kappa shape index (κ1) is 33.8. The van der Waals surface area contributed by atoms with Crippen LogP contribution in [0, 0.1) is 5.92 Å². The zero-order valence-electron chi connectivity index (χ0n) is 29.5. The third-order valence-corrected chi connectivity index (χ3v) is 11.3. The van der Waals surface area contributed by atoms with Crippen LogP contribution in [0.2, 0.25) is 0 Å². The van der Waals surface area contributed by atoms with Crippen molar-refractivity contribution in [3.05, 3.63) is 76.9 Å². The van der Waals surface area contributed by atoms with Gasteiger partial charge in [-0.1, -0.05) is 12.1 Å². The lowest BCUT2D eigenvalue weighted by Gasteiger charge is -2.37.